The number of hydrogen-bond acceptors (Lipinski definition) is 5. The van der Waals surface area contributed by atoms with E-state index < -0.39 is 37.5 Å². The summed E-state index contributed by atoms with van der Waals surface area (Å²) in [5.74, 6) is -1.40. The molecular weight excluding hydrogens is 384 g/mol. The molecule has 0 aliphatic carbocycles. The molecule has 0 saturated heterocycles. The van der Waals surface area contributed by atoms with Crippen LogP contribution < -0.4 is 0 Å². The van der Waals surface area contributed by atoms with Crippen LogP contribution in [0.15, 0.2) is 59.5 Å². The minimum Gasteiger partial charge on any atom is -0.480 e. The summed E-state index contributed by atoms with van der Waals surface area (Å²) in [7, 11) is -4.45. The molecule has 0 amide bonds. The van der Waals surface area contributed by atoms with Crippen LogP contribution in [0, 0.1) is 16.0 Å². The van der Waals surface area contributed by atoms with Gasteiger partial charge in [0, 0.05) is 12.6 Å². The third kappa shape index (κ3) is 4.93. The van der Waals surface area contributed by atoms with Crippen molar-refractivity contribution in [2.75, 3.05) is 0 Å². The molecule has 8 nitrogen and oxygen atoms in total. The molecule has 0 saturated carbocycles. The van der Waals surface area contributed by atoms with Crippen molar-refractivity contribution in [3.63, 3.8) is 0 Å². The summed E-state index contributed by atoms with van der Waals surface area (Å²) in [5, 5.41) is 21.1. The van der Waals surface area contributed by atoms with Gasteiger partial charge in [-0.05, 0) is 24.0 Å². The zero-order chi connectivity index (χ0) is 20.9. The monoisotopic (exact) mass is 406 g/mol. The van der Waals surface area contributed by atoms with Gasteiger partial charge in [-0.3, -0.25) is 14.9 Å². The molecule has 0 heterocycles. The highest BCUT2D eigenvalue weighted by Gasteiger charge is 2.39. The molecule has 2 rings (SSSR count). The van der Waals surface area contributed by atoms with Crippen molar-refractivity contribution in [1.82, 2.24) is 4.31 Å². The van der Waals surface area contributed by atoms with Gasteiger partial charge in [0.05, 0.1) is 4.92 Å². The van der Waals surface area contributed by atoms with Gasteiger partial charge in [-0.15, -0.1) is 0 Å². The third-order valence-corrected chi connectivity index (χ3v) is 6.06. The molecule has 0 bridgehead atoms. The summed E-state index contributed by atoms with van der Waals surface area (Å²) < 4.78 is 27.5. The number of nitro benzene ring substituents is 1. The molecule has 150 valence electrons. The molecule has 0 radical (unpaired) electrons. The van der Waals surface area contributed by atoms with Gasteiger partial charge in [-0.25, -0.2) is 8.42 Å². The van der Waals surface area contributed by atoms with Crippen molar-refractivity contribution in [1.29, 1.82) is 0 Å². The number of para-hydroxylation sites is 1. The smallest absolute Gasteiger partial charge is 0.322 e. The molecular formula is C19H22N2O6S. The van der Waals surface area contributed by atoms with Crippen molar-refractivity contribution in [2.45, 2.75) is 37.8 Å². The summed E-state index contributed by atoms with van der Waals surface area (Å²) in [6.07, 6.45) is 0.0715. The van der Waals surface area contributed by atoms with Gasteiger partial charge in [0.2, 0.25) is 0 Å². The van der Waals surface area contributed by atoms with Crippen LogP contribution in [-0.4, -0.2) is 34.8 Å². The topological polar surface area (TPSA) is 118 Å². The largest absolute Gasteiger partial charge is 0.480 e. The summed E-state index contributed by atoms with van der Waals surface area (Å²) in [5.41, 5.74) is -0.00564. The minimum atomic E-state index is -4.45. The molecule has 0 unspecified atom stereocenters. The summed E-state index contributed by atoms with van der Waals surface area (Å²) in [6, 6.07) is 12.1. The van der Waals surface area contributed by atoms with Crippen LogP contribution in [0.3, 0.4) is 0 Å². The van der Waals surface area contributed by atoms with Crippen LogP contribution >= 0.6 is 0 Å². The lowest BCUT2D eigenvalue weighted by atomic mass is 10.0. The number of benzene rings is 2. The van der Waals surface area contributed by atoms with Gasteiger partial charge in [-0.1, -0.05) is 56.3 Å². The fourth-order valence-electron chi connectivity index (χ4n) is 2.87. The molecule has 9 heteroatoms. The van der Waals surface area contributed by atoms with Gasteiger partial charge in [0.25, 0.3) is 15.7 Å². The van der Waals surface area contributed by atoms with Gasteiger partial charge in [0.1, 0.15) is 6.04 Å². The van der Waals surface area contributed by atoms with E-state index in [1.807, 2.05) is 0 Å². The standard InChI is InChI=1S/C19H22N2O6S/c1-14(2)12-17(19(22)23)20(13-15-8-4-3-5-9-15)28(26,27)18-11-7-6-10-16(18)21(24)25/h3-11,14,17H,12-13H2,1-2H3,(H,22,23)/t17-/m0/s1. The lowest BCUT2D eigenvalue weighted by molar-refractivity contribution is -0.387. The molecule has 1 atom stereocenters. The number of aliphatic carboxylic acids is 1. The van der Waals surface area contributed by atoms with Crippen LogP contribution in [0.4, 0.5) is 5.69 Å². The predicted octanol–water partition coefficient (Wildman–Crippen LogP) is 3.29. The Morgan fingerprint density at radius 3 is 2.21 bits per heavy atom. The van der Waals surface area contributed by atoms with E-state index >= 15 is 0 Å². The molecule has 0 fully saturated rings. The summed E-state index contributed by atoms with van der Waals surface area (Å²) in [4.78, 5) is 22.0. The van der Waals surface area contributed by atoms with Crippen molar-refractivity contribution >= 4 is 21.7 Å². The number of rotatable bonds is 9. The van der Waals surface area contributed by atoms with Crippen molar-refractivity contribution < 1.29 is 23.2 Å². The lowest BCUT2D eigenvalue weighted by Gasteiger charge is -2.29. The lowest BCUT2D eigenvalue weighted by Crippen LogP contribution is -2.45. The first-order chi connectivity index (χ1) is 13.1. The fourth-order valence-corrected chi connectivity index (χ4v) is 4.61. The Kier molecular flexibility index (Phi) is 6.87. The van der Waals surface area contributed by atoms with Crippen LogP contribution in [0.2, 0.25) is 0 Å². The van der Waals surface area contributed by atoms with E-state index in [4.69, 9.17) is 0 Å². The molecule has 2 aromatic carbocycles. The third-order valence-electron chi connectivity index (χ3n) is 4.16. The number of nitro groups is 1. The van der Waals surface area contributed by atoms with E-state index in [1.165, 1.54) is 12.1 Å². The highest BCUT2D eigenvalue weighted by molar-refractivity contribution is 7.89. The number of sulfonamides is 1. The highest BCUT2D eigenvalue weighted by atomic mass is 32.2. The normalized spacial score (nSPS) is 12.9. The van der Waals surface area contributed by atoms with Gasteiger partial charge < -0.3 is 5.11 Å². The number of hydrogen-bond donors (Lipinski definition) is 1. The maximum Gasteiger partial charge on any atom is 0.322 e. The Hall–Kier alpha value is -2.78. The molecule has 0 aliphatic rings. The quantitative estimate of drug-likeness (QED) is 0.504. The Bertz CT molecular complexity index is 944. The zero-order valence-corrected chi connectivity index (χ0v) is 16.4. The fraction of sp³-hybridized carbons (Fsp3) is 0.316. The average Bonchev–Trinajstić information content (AvgIpc) is 2.64. The molecule has 0 aliphatic heterocycles. The summed E-state index contributed by atoms with van der Waals surface area (Å²) >= 11 is 0. The second kappa shape index (κ2) is 8.94. The van der Waals surface area contributed by atoms with Gasteiger partial charge in [0.15, 0.2) is 4.90 Å². The van der Waals surface area contributed by atoms with Gasteiger partial charge >= 0.3 is 5.97 Å². The Morgan fingerprint density at radius 1 is 1.11 bits per heavy atom. The zero-order valence-electron chi connectivity index (χ0n) is 15.6. The first kappa shape index (κ1) is 21.5. The first-order valence-corrected chi connectivity index (χ1v) is 10.1. The molecule has 28 heavy (non-hydrogen) atoms. The Labute approximate surface area is 163 Å². The second-order valence-electron chi connectivity index (χ2n) is 6.74. The summed E-state index contributed by atoms with van der Waals surface area (Å²) in [6.45, 7) is 3.36. The number of carboxylic acid groups (broad SMARTS) is 1. The van der Waals surface area contributed by atoms with Crippen LogP contribution in [0.25, 0.3) is 0 Å². The van der Waals surface area contributed by atoms with Crippen molar-refractivity contribution in [2.24, 2.45) is 5.92 Å². The van der Waals surface area contributed by atoms with E-state index in [0.29, 0.717) is 5.56 Å². The number of nitrogens with zero attached hydrogens (tertiary/aromatic N) is 2. The molecule has 2 aromatic rings. The van der Waals surface area contributed by atoms with E-state index in [-0.39, 0.29) is 18.9 Å². The molecule has 0 spiro atoms. The van der Waals surface area contributed by atoms with Crippen LogP contribution in [0.5, 0.6) is 0 Å². The molecule has 1 N–H and O–H groups in total. The Morgan fingerprint density at radius 2 is 1.68 bits per heavy atom. The number of carboxylic acids is 1. The van der Waals surface area contributed by atoms with E-state index in [1.54, 1.807) is 44.2 Å². The Balaban J connectivity index is 2.62. The number of carbonyl (C=O) groups is 1. The SMILES string of the molecule is CC(C)C[C@@H](C(=O)O)N(Cc1ccccc1)S(=O)(=O)c1ccccc1[N+](=O)[O-]. The van der Waals surface area contributed by atoms with E-state index in [2.05, 4.69) is 0 Å². The maximum atomic E-state index is 13.3. The first-order valence-electron chi connectivity index (χ1n) is 8.66. The molecule has 0 aromatic heterocycles. The van der Waals surface area contributed by atoms with Crippen molar-refractivity contribution in [3.05, 3.63) is 70.3 Å². The van der Waals surface area contributed by atoms with Crippen LogP contribution in [0.1, 0.15) is 25.8 Å². The average molecular weight is 406 g/mol. The minimum absolute atomic E-state index is 0.0715. The predicted molar refractivity (Wildman–Crippen MR) is 103 cm³/mol. The van der Waals surface area contributed by atoms with Crippen molar-refractivity contribution in [3.8, 4) is 0 Å². The van der Waals surface area contributed by atoms with Gasteiger partial charge in [-0.2, -0.15) is 4.31 Å². The van der Waals surface area contributed by atoms with Crippen LogP contribution in [-0.2, 0) is 21.4 Å². The highest BCUT2D eigenvalue weighted by Crippen LogP contribution is 2.30. The van der Waals surface area contributed by atoms with E-state index in [9.17, 15) is 28.4 Å². The second-order valence-corrected chi connectivity index (χ2v) is 8.60. The van der Waals surface area contributed by atoms with E-state index in [0.717, 1.165) is 16.4 Å². The maximum absolute atomic E-state index is 13.3.